The SMILES string of the molecule is CCCCCCCCCCCCOc1ccc(-c2ccc(C3CCC(C)CC3)cc2)c(F)c1F. The predicted molar refractivity (Wildman–Crippen MR) is 140 cm³/mol. The van der Waals surface area contributed by atoms with Crippen LogP contribution in [0.2, 0.25) is 0 Å². The molecule has 0 aromatic heterocycles. The second-order valence-corrected chi connectivity index (χ2v) is 10.3. The van der Waals surface area contributed by atoms with Crippen LogP contribution in [0.15, 0.2) is 36.4 Å². The lowest BCUT2D eigenvalue weighted by Crippen LogP contribution is -2.10. The molecule has 0 saturated heterocycles. The molecule has 3 rings (SSSR count). The van der Waals surface area contributed by atoms with E-state index in [1.54, 1.807) is 12.1 Å². The maximum absolute atomic E-state index is 14.8. The fourth-order valence-electron chi connectivity index (χ4n) is 5.17. The Balaban J connectivity index is 1.42. The van der Waals surface area contributed by atoms with Gasteiger partial charge in [0.25, 0.3) is 0 Å². The van der Waals surface area contributed by atoms with E-state index in [1.165, 1.54) is 82.6 Å². The molecule has 34 heavy (non-hydrogen) atoms. The first kappa shape index (κ1) is 26.7. The van der Waals surface area contributed by atoms with Gasteiger partial charge in [-0.05, 0) is 54.4 Å². The van der Waals surface area contributed by atoms with Crippen LogP contribution in [-0.4, -0.2) is 6.61 Å². The molecule has 1 fully saturated rings. The van der Waals surface area contributed by atoms with E-state index >= 15 is 0 Å². The summed E-state index contributed by atoms with van der Waals surface area (Å²) in [6, 6.07) is 11.2. The lowest BCUT2D eigenvalue weighted by molar-refractivity contribution is 0.285. The van der Waals surface area contributed by atoms with E-state index in [0.29, 0.717) is 23.7 Å². The van der Waals surface area contributed by atoms with Gasteiger partial charge in [-0.3, -0.25) is 0 Å². The van der Waals surface area contributed by atoms with Gasteiger partial charge < -0.3 is 4.74 Å². The summed E-state index contributed by atoms with van der Waals surface area (Å²) < 4.78 is 35.0. The van der Waals surface area contributed by atoms with E-state index in [4.69, 9.17) is 4.74 Å². The number of ether oxygens (including phenoxy) is 1. The molecule has 1 nitrogen and oxygen atoms in total. The molecule has 0 heterocycles. The van der Waals surface area contributed by atoms with Crippen LogP contribution in [0.4, 0.5) is 8.78 Å². The third-order valence-corrected chi connectivity index (χ3v) is 7.51. The van der Waals surface area contributed by atoms with Gasteiger partial charge in [-0.25, -0.2) is 4.39 Å². The zero-order chi connectivity index (χ0) is 24.2. The molecule has 0 spiro atoms. The van der Waals surface area contributed by atoms with Crippen LogP contribution in [0.1, 0.15) is 115 Å². The van der Waals surface area contributed by atoms with E-state index in [2.05, 4.69) is 26.0 Å². The largest absolute Gasteiger partial charge is 0.490 e. The van der Waals surface area contributed by atoms with E-state index < -0.39 is 11.6 Å². The standard InChI is InChI=1S/C31H44F2O/c1-3-4-5-6-7-8-9-10-11-12-23-34-29-22-21-28(30(32)31(29)33)27-19-17-26(18-20-27)25-15-13-24(2)14-16-25/h17-22,24-25H,3-16,23H2,1-2H3. The quantitative estimate of drug-likeness (QED) is 0.250. The third-order valence-electron chi connectivity index (χ3n) is 7.51. The Hall–Kier alpha value is -1.90. The summed E-state index contributed by atoms with van der Waals surface area (Å²) in [5.41, 5.74) is 2.33. The average Bonchev–Trinajstić information content (AvgIpc) is 2.86. The van der Waals surface area contributed by atoms with E-state index in [-0.39, 0.29) is 5.75 Å². The Morgan fingerprint density at radius 2 is 1.29 bits per heavy atom. The van der Waals surface area contributed by atoms with Crippen molar-refractivity contribution in [1.29, 1.82) is 0 Å². The van der Waals surface area contributed by atoms with Gasteiger partial charge >= 0.3 is 0 Å². The minimum Gasteiger partial charge on any atom is -0.490 e. The average molecular weight is 471 g/mol. The van der Waals surface area contributed by atoms with Crippen molar-refractivity contribution in [2.75, 3.05) is 6.61 Å². The number of benzene rings is 2. The number of hydrogen-bond donors (Lipinski definition) is 0. The Morgan fingerprint density at radius 1 is 0.706 bits per heavy atom. The van der Waals surface area contributed by atoms with Crippen molar-refractivity contribution in [3.63, 3.8) is 0 Å². The molecular formula is C31H44F2O. The van der Waals surface area contributed by atoms with Crippen LogP contribution in [-0.2, 0) is 0 Å². The maximum Gasteiger partial charge on any atom is 0.201 e. The number of halogens is 2. The van der Waals surface area contributed by atoms with Crippen LogP contribution in [0.25, 0.3) is 11.1 Å². The zero-order valence-electron chi connectivity index (χ0n) is 21.4. The number of hydrogen-bond acceptors (Lipinski definition) is 1. The summed E-state index contributed by atoms with van der Waals surface area (Å²) in [5, 5.41) is 0. The van der Waals surface area contributed by atoms with Crippen molar-refractivity contribution in [2.24, 2.45) is 5.92 Å². The molecule has 0 radical (unpaired) electrons. The smallest absolute Gasteiger partial charge is 0.201 e. The highest BCUT2D eigenvalue weighted by atomic mass is 19.2. The minimum atomic E-state index is -0.880. The predicted octanol–water partition coefficient (Wildman–Crippen LogP) is 10.2. The van der Waals surface area contributed by atoms with Crippen molar-refractivity contribution in [1.82, 2.24) is 0 Å². The first-order valence-electron chi connectivity index (χ1n) is 13.8. The highest BCUT2D eigenvalue weighted by molar-refractivity contribution is 5.65. The van der Waals surface area contributed by atoms with Crippen molar-refractivity contribution in [2.45, 2.75) is 110 Å². The van der Waals surface area contributed by atoms with Crippen molar-refractivity contribution < 1.29 is 13.5 Å². The molecule has 0 aliphatic heterocycles. The van der Waals surface area contributed by atoms with Crippen LogP contribution in [0.5, 0.6) is 5.75 Å². The maximum atomic E-state index is 14.8. The molecule has 2 aromatic carbocycles. The summed E-state index contributed by atoms with van der Waals surface area (Å²) in [6.07, 6.45) is 17.3. The minimum absolute atomic E-state index is 0.0186. The summed E-state index contributed by atoms with van der Waals surface area (Å²) in [6.45, 7) is 5.00. The molecule has 1 aliphatic rings. The highest BCUT2D eigenvalue weighted by Crippen LogP contribution is 2.37. The lowest BCUT2D eigenvalue weighted by Gasteiger charge is -2.26. The van der Waals surface area contributed by atoms with Crippen LogP contribution in [0, 0.1) is 17.6 Å². The number of rotatable bonds is 14. The lowest BCUT2D eigenvalue weighted by atomic mass is 9.79. The summed E-state index contributed by atoms with van der Waals surface area (Å²) >= 11 is 0. The summed E-state index contributed by atoms with van der Waals surface area (Å²) in [5.74, 6) is -0.272. The third kappa shape index (κ3) is 8.10. The summed E-state index contributed by atoms with van der Waals surface area (Å²) in [4.78, 5) is 0. The number of unbranched alkanes of at least 4 members (excludes halogenated alkanes) is 9. The molecule has 1 saturated carbocycles. The van der Waals surface area contributed by atoms with Crippen molar-refractivity contribution in [3.05, 3.63) is 53.6 Å². The molecule has 0 N–H and O–H groups in total. The van der Waals surface area contributed by atoms with Gasteiger partial charge in [0, 0.05) is 5.56 Å². The molecule has 0 atom stereocenters. The van der Waals surface area contributed by atoms with Crippen molar-refractivity contribution >= 4 is 0 Å². The second-order valence-electron chi connectivity index (χ2n) is 10.3. The Labute approximate surface area is 206 Å². The van der Waals surface area contributed by atoms with Crippen molar-refractivity contribution in [3.8, 4) is 16.9 Å². The summed E-state index contributed by atoms with van der Waals surface area (Å²) in [7, 11) is 0. The fourth-order valence-corrected chi connectivity index (χ4v) is 5.17. The van der Waals surface area contributed by atoms with E-state index in [9.17, 15) is 8.78 Å². The molecule has 0 amide bonds. The van der Waals surface area contributed by atoms with Gasteiger partial charge in [0.1, 0.15) is 0 Å². The first-order chi connectivity index (χ1) is 16.6. The second kappa shape index (κ2) is 14.5. The van der Waals surface area contributed by atoms with Crippen LogP contribution < -0.4 is 4.74 Å². The fraction of sp³-hybridized carbons (Fsp3) is 0.613. The van der Waals surface area contributed by atoms with Gasteiger partial charge in [-0.1, -0.05) is 109 Å². The molecular weight excluding hydrogens is 426 g/mol. The van der Waals surface area contributed by atoms with Gasteiger partial charge in [-0.2, -0.15) is 4.39 Å². The van der Waals surface area contributed by atoms with Gasteiger partial charge in [-0.15, -0.1) is 0 Å². The molecule has 1 aliphatic carbocycles. The monoisotopic (exact) mass is 470 g/mol. The zero-order valence-corrected chi connectivity index (χ0v) is 21.4. The highest BCUT2D eigenvalue weighted by Gasteiger charge is 2.20. The van der Waals surface area contributed by atoms with Crippen LogP contribution >= 0.6 is 0 Å². The van der Waals surface area contributed by atoms with E-state index in [1.807, 2.05) is 12.1 Å². The molecule has 0 bridgehead atoms. The molecule has 3 heteroatoms. The van der Waals surface area contributed by atoms with Gasteiger partial charge in [0.15, 0.2) is 11.6 Å². The first-order valence-corrected chi connectivity index (χ1v) is 13.8. The Morgan fingerprint density at radius 3 is 1.91 bits per heavy atom. The topological polar surface area (TPSA) is 9.23 Å². The Kier molecular flexibility index (Phi) is 11.4. The van der Waals surface area contributed by atoms with Gasteiger partial charge in [0.2, 0.25) is 5.82 Å². The molecule has 188 valence electrons. The normalized spacial score (nSPS) is 18.2. The van der Waals surface area contributed by atoms with Gasteiger partial charge in [0.05, 0.1) is 6.61 Å². The molecule has 2 aromatic rings. The van der Waals surface area contributed by atoms with E-state index in [0.717, 1.165) is 18.8 Å². The van der Waals surface area contributed by atoms with Crippen LogP contribution in [0.3, 0.4) is 0 Å². The molecule has 0 unspecified atom stereocenters. The Bertz CT molecular complexity index is 837.